The summed E-state index contributed by atoms with van der Waals surface area (Å²) in [5.41, 5.74) is 4.46. The molecule has 0 aliphatic carbocycles. The van der Waals surface area contributed by atoms with Gasteiger partial charge in [0.15, 0.2) is 5.76 Å². The molecule has 0 spiro atoms. The van der Waals surface area contributed by atoms with Crippen LogP contribution in [0.5, 0.6) is 0 Å². The molecule has 3 rings (SSSR count). The summed E-state index contributed by atoms with van der Waals surface area (Å²) in [7, 11) is 0. The van der Waals surface area contributed by atoms with Crippen LogP contribution >= 0.6 is 0 Å². The fourth-order valence-corrected chi connectivity index (χ4v) is 2.22. The number of furan rings is 1. The molecule has 3 aromatic rings. The fourth-order valence-electron chi connectivity index (χ4n) is 2.22. The van der Waals surface area contributed by atoms with E-state index in [1.54, 1.807) is 4.68 Å². The maximum atomic E-state index is 11.8. The second-order valence-corrected chi connectivity index (χ2v) is 4.53. The summed E-state index contributed by atoms with van der Waals surface area (Å²) in [5, 5.41) is 5.22. The van der Waals surface area contributed by atoms with Gasteiger partial charge in [-0.25, -0.2) is 5.84 Å². The Morgan fingerprint density at radius 1 is 1.40 bits per heavy atom. The van der Waals surface area contributed by atoms with Gasteiger partial charge in [-0.2, -0.15) is 5.10 Å². The van der Waals surface area contributed by atoms with Crippen LogP contribution in [0.1, 0.15) is 21.8 Å². The minimum absolute atomic E-state index is 0.224. The molecule has 0 radical (unpaired) electrons. The Labute approximate surface area is 115 Å². The summed E-state index contributed by atoms with van der Waals surface area (Å²) in [6, 6.07) is 9.40. The zero-order valence-electron chi connectivity index (χ0n) is 11.0. The standard InChI is InChI=1S/C14H14N4O2/c1-9-6-7-18(17-9)8-11-10-4-2-3-5-12(10)20-13(11)14(19)16-15/h2-7H,8,15H2,1H3,(H,16,19). The van der Waals surface area contributed by atoms with Crippen molar-refractivity contribution in [3.63, 3.8) is 0 Å². The number of nitrogens with two attached hydrogens (primary N) is 1. The Bertz CT molecular complexity index is 772. The second kappa shape index (κ2) is 4.82. The Hall–Kier alpha value is -2.60. The van der Waals surface area contributed by atoms with Gasteiger partial charge in [0, 0.05) is 17.1 Å². The van der Waals surface area contributed by atoms with E-state index < -0.39 is 5.91 Å². The van der Waals surface area contributed by atoms with Crippen LogP contribution in [0.2, 0.25) is 0 Å². The highest BCUT2D eigenvalue weighted by Gasteiger charge is 2.20. The van der Waals surface area contributed by atoms with E-state index in [-0.39, 0.29) is 5.76 Å². The van der Waals surface area contributed by atoms with Crippen LogP contribution in [0.4, 0.5) is 0 Å². The number of hydrogen-bond acceptors (Lipinski definition) is 4. The number of para-hydroxylation sites is 1. The van der Waals surface area contributed by atoms with Crippen LogP contribution in [0.25, 0.3) is 11.0 Å². The number of fused-ring (bicyclic) bond motifs is 1. The smallest absolute Gasteiger partial charge is 0.301 e. The van der Waals surface area contributed by atoms with E-state index in [9.17, 15) is 4.79 Å². The quantitative estimate of drug-likeness (QED) is 0.430. The number of aryl methyl sites for hydroxylation is 1. The van der Waals surface area contributed by atoms with Crippen LogP contribution in [0, 0.1) is 6.92 Å². The van der Waals surface area contributed by atoms with Crippen molar-refractivity contribution < 1.29 is 9.21 Å². The molecule has 0 bridgehead atoms. The molecule has 20 heavy (non-hydrogen) atoms. The van der Waals surface area contributed by atoms with Crippen molar-refractivity contribution in [2.24, 2.45) is 5.84 Å². The molecular formula is C14H14N4O2. The monoisotopic (exact) mass is 270 g/mol. The molecule has 2 heterocycles. The molecule has 0 aliphatic rings. The van der Waals surface area contributed by atoms with Crippen molar-refractivity contribution in [3.05, 3.63) is 53.5 Å². The van der Waals surface area contributed by atoms with E-state index in [2.05, 4.69) is 10.5 Å². The SMILES string of the molecule is Cc1ccn(Cc2c(C(=O)NN)oc3ccccc23)n1. The number of benzene rings is 1. The van der Waals surface area contributed by atoms with Crippen molar-refractivity contribution in [3.8, 4) is 0 Å². The zero-order chi connectivity index (χ0) is 14.1. The maximum absolute atomic E-state index is 11.8. The van der Waals surface area contributed by atoms with Gasteiger partial charge in [-0.15, -0.1) is 0 Å². The molecule has 0 unspecified atom stereocenters. The van der Waals surface area contributed by atoms with Crippen molar-refractivity contribution >= 4 is 16.9 Å². The molecule has 6 nitrogen and oxygen atoms in total. The van der Waals surface area contributed by atoms with Gasteiger partial charge in [0.05, 0.1) is 12.2 Å². The molecule has 3 N–H and O–H groups in total. The fraction of sp³-hybridized carbons (Fsp3) is 0.143. The number of aromatic nitrogens is 2. The largest absolute Gasteiger partial charge is 0.450 e. The predicted molar refractivity (Wildman–Crippen MR) is 73.9 cm³/mol. The highest BCUT2D eigenvalue weighted by molar-refractivity contribution is 5.98. The van der Waals surface area contributed by atoms with E-state index in [1.807, 2.05) is 43.5 Å². The van der Waals surface area contributed by atoms with Crippen LogP contribution in [0.3, 0.4) is 0 Å². The van der Waals surface area contributed by atoms with Gasteiger partial charge in [0.1, 0.15) is 5.58 Å². The third-order valence-corrected chi connectivity index (χ3v) is 3.13. The van der Waals surface area contributed by atoms with Gasteiger partial charge in [0.25, 0.3) is 0 Å². The number of rotatable bonds is 3. The molecule has 0 aliphatic heterocycles. The third-order valence-electron chi connectivity index (χ3n) is 3.13. The highest BCUT2D eigenvalue weighted by atomic mass is 16.3. The first-order chi connectivity index (χ1) is 9.69. The normalized spacial score (nSPS) is 10.9. The number of carbonyl (C=O) groups is 1. The predicted octanol–water partition coefficient (Wildman–Crippen LogP) is 1.59. The molecule has 2 aromatic heterocycles. The molecular weight excluding hydrogens is 256 g/mol. The first kappa shape index (κ1) is 12.4. The van der Waals surface area contributed by atoms with Gasteiger partial charge < -0.3 is 4.42 Å². The number of nitrogens with zero attached hydrogens (tertiary/aromatic N) is 2. The number of hydrazine groups is 1. The molecule has 0 atom stereocenters. The van der Waals surface area contributed by atoms with Crippen molar-refractivity contribution in [1.82, 2.24) is 15.2 Å². The topological polar surface area (TPSA) is 86.1 Å². The minimum Gasteiger partial charge on any atom is -0.450 e. The lowest BCUT2D eigenvalue weighted by Gasteiger charge is -2.02. The van der Waals surface area contributed by atoms with Crippen molar-refractivity contribution in [2.75, 3.05) is 0 Å². The van der Waals surface area contributed by atoms with Gasteiger partial charge >= 0.3 is 5.91 Å². The van der Waals surface area contributed by atoms with Crippen LogP contribution in [0.15, 0.2) is 40.9 Å². The summed E-state index contributed by atoms with van der Waals surface area (Å²) in [4.78, 5) is 11.8. The lowest BCUT2D eigenvalue weighted by Crippen LogP contribution is -2.30. The summed E-state index contributed by atoms with van der Waals surface area (Å²) in [5.74, 6) is 4.99. The average molecular weight is 270 g/mol. The van der Waals surface area contributed by atoms with E-state index in [4.69, 9.17) is 10.3 Å². The van der Waals surface area contributed by atoms with Gasteiger partial charge in [-0.05, 0) is 19.1 Å². The number of hydrogen-bond donors (Lipinski definition) is 2. The Kier molecular flexibility index (Phi) is 3.00. The van der Waals surface area contributed by atoms with Gasteiger partial charge in [0.2, 0.25) is 0 Å². The molecule has 1 aromatic carbocycles. The first-order valence-corrected chi connectivity index (χ1v) is 6.20. The average Bonchev–Trinajstić information content (AvgIpc) is 3.03. The Balaban J connectivity index is 2.13. The van der Waals surface area contributed by atoms with E-state index in [1.165, 1.54) is 0 Å². The molecule has 6 heteroatoms. The molecule has 0 saturated heterocycles. The first-order valence-electron chi connectivity index (χ1n) is 6.20. The highest BCUT2D eigenvalue weighted by Crippen LogP contribution is 2.26. The molecule has 102 valence electrons. The Morgan fingerprint density at radius 3 is 2.90 bits per heavy atom. The number of amides is 1. The van der Waals surface area contributed by atoms with E-state index in [0.717, 1.165) is 16.6 Å². The Morgan fingerprint density at radius 2 is 2.20 bits per heavy atom. The van der Waals surface area contributed by atoms with Crippen molar-refractivity contribution in [2.45, 2.75) is 13.5 Å². The summed E-state index contributed by atoms with van der Waals surface area (Å²) in [6.07, 6.45) is 1.86. The van der Waals surface area contributed by atoms with E-state index in [0.29, 0.717) is 12.1 Å². The lowest BCUT2D eigenvalue weighted by atomic mass is 10.1. The summed E-state index contributed by atoms with van der Waals surface area (Å²) < 4.78 is 7.36. The molecule has 1 amide bonds. The summed E-state index contributed by atoms with van der Waals surface area (Å²) >= 11 is 0. The van der Waals surface area contributed by atoms with Crippen LogP contribution in [-0.2, 0) is 6.54 Å². The van der Waals surface area contributed by atoms with Gasteiger partial charge in [-0.1, -0.05) is 18.2 Å². The minimum atomic E-state index is -0.444. The van der Waals surface area contributed by atoms with Gasteiger partial charge in [-0.3, -0.25) is 14.9 Å². The van der Waals surface area contributed by atoms with Crippen LogP contribution in [-0.4, -0.2) is 15.7 Å². The summed E-state index contributed by atoms with van der Waals surface area (Å²) in [6.45, 7) is 2.37. The zero-order valence-corrected chi connectivity index (χ0v) is 11.0. The van der Waals surface area contributed by atoms with Crippen LogP contribution < -0.4 is 11.3 Å². The van der Waals surface area contributed by atoms with Crippen molar-refractivity contribution in [1.29, 1.82) is 0 Å². The van der Waals surface area contributed by atoms with E-state index >= 15 is 0 Å². The molecule has 0 fully saturated rings. The maximum Gasteiger partial charge on any atom is 0.301 e. The molecule has 0 saturated carbocycles. The lowest BCUT2D eigenvalue weighted by molar-refractivity contribution is 0.0926. The second-order valence-electron chi connectivity index (χ2n) is 4.53. The number of nitrogen functional groups attached to an aromatic ring is 1. The number of nitrogens with one attached hydrogen (secondary N) is 1. The number of carbonyl (C=O) groups excluding carboxylic acids is 1. The third kappa shape index (κ3) is 2.06.